The summed E-state index contributed by atoms with van der Waals surface area (Å²) in [5.74, 6) is -3.40. The van der Waals surface area contributed by atoms with Gasteiger partial charge in [0.25, 0.3) is 0 Å². The lowest BCUT2D eigenvalue weighted by molar-refractivity contribution is 0.0977. The maximum atomic E-state index is 13.9. The average molecular weight is 306 g/mol. The van der Waals surface area contributed by atoms with Crippen molar-refractivity contribution in [1.82, 2.24) is 0 Å². The molecule has 0 radical (unpaired) electrons. The molecular formula is C16H10ClF2NO. The molecule has 2 rings (SSSR count). The molecule has 0 aliphatic heterocycles. The molecule has 1 atom stereocenters. The van der Waals surface area contributed by atoms with E-state index in [0.29, 0.717) is 5.56 Å². The largest absolute Gasteiger partial charge is 0.292 e. The summed E-state index contributed by atoms with van der Waals surface area (Å²) in [4.78, 5) is 12.3. The van der Waals surface area contributed by atoms with Gasteiger partial charge in [-0.25, -0.2) is 8.78 Å². The zero-order chi connectivity index (χ0) is 15.6. The highest BCUT2D eigenvalue weighted by Crippen LogP contribution is 2.27. The fourth-order valence-electron chi connectivity index (χ4n) is 1.93. The van der Waals surface area contributed by atoms with Crippen LogP contribution in [0.2, 0.25) is 5.02 Å². The van der Waals surface area contributed by atoms with E-state index in [-0.39, 0.29) is 16.1 Å². The van der Waals surface area contributed by atoms with E-state index in [9.17, 15) is 18.8 Å². The maximum absolute atomic E-state index is 13.9. The molecule has 1 unspecified atom stereocenters. The molecule has 0 N–H and O–H groups in total. The summed E-state index contributed by atoms with van der Waals surface area (Å²) >= 11 is 5.66. The standard InChI is InChI=1S/C16H10ClF2NO/c1-9-5-6-10(7-14(9)18)16(21)12(8-20)11-3-2-4-13(17)15(11)19/h2-7,12H,1H3. The molecule has 0 spiro atoms. The summed E-state index contributed by atoms with van der Waals surface area (Å²) in [6.45, 7) is 1.56. The highest BCUT2D eigenvalue weighted by molar-refractivity contribution is 6.30. The first-order valence-corrected chi connectivity index (χ1v) is 6.47. The third-order valence-corrected chi connectivity index (χ3v) is 3.43. The van der Waals surface area contributed by atoms with Crippen LogP contribution in [0.4, 0.5) is 8.78 Å². The lowest BCUT2D eigenvalue weighted by Crippen LogP contribution is -2.13. The first-order valence-electron chi connectivity index (χ1n) is 6.09. The molecule has 0 aliphatic rings. The number of nitriles is 1. The highest BCUT2D eigenvalue weighted by Gasteiger charge is 2.26. The van der Waals surface area contributed by atoms with Crippen LogP contribution in [0.3, 0.4) is 0 Å². The number of carbonyl (C=O) groups excluding carboxylic acids is 1. The van der Waals surface area contributed by atoms with Crippen molar-refractivity contribution < 1.29 is 13.6 Å². The van der Waals surface area contributed by atoms with E-state index in [2.05, 4.69) is 0 Å². The molecule has 21 heavy (non-hydrogen) atoms. The van der Waals surface area contributed by atoms with Crippen molar-refractivity contribution in [3.63, 3.8) is 0 Å². The van der Waals surface area contributed by atoms with E-state index in [0.717, 1.165) is 6.07 Å². The lowest BCUT2D eigenvalue weighted by atomic mass is 9.91. The van der Waals surface area contributed by atoms with E-state index in [4.69, 9.17) is 11.6 Å². The zero-order valence-electron chi connectivity index (χ0n) is 11.0. The zero-order valence-corrected chi connectivity index (χ0v) is 11.8. The van der Waals surface area contributed by atoms with Crippen LogP contribution < -0.4 is 0 Å². The molecule has 2 aromatic carbocycles. The second-order valence-corrected chi connectivity index (χ2v) is 4.94. The van der Waals surface area contributed by atoms with Crippen molar-refractivity contribution in [2.24, 2.45) is 0 Å². The number of hydrogen-bond acceptors (Lipinski definition) is 2. The van der Waals surface area contributed by atoms with Gasteiger partial charge >= 0.3 is 0 Å². The minimum Gasteiger partial charge on any atom is -0.292 e. The highest BCUT2D eigenvalue weighted by atomic mass is 35.5. The lowest BCUT2D eigenvalue weighted by Gasteiger charge is -2.11. The van der Waals surface area contributed by atoms with Gasteiger partial charge in [-0.05, 0) is 24.6 Å². The Morgan fingerprint density at radius 1 is 1.29 bits per heavy atom. The molecule has 0 saturated carbocycles. The molecule has 0 saturated heterocycles. The number of aryl methyl sites for hydroxylation is 1. The molecule has 0 fully saturated rings. The van der Waals surface area contributed by atoms with Crippen molar-refractivity contribution in [2.75, 3.05) is 0 Å². The van der Waals surface area contributed by atoms with Crippen LogP contribution in [-0.4, -0.2) is 5.78 Å². The van der Waals surface area contributed by atoms with Gasteiger partial charge in [-0.2, -0.15) is 5.26 Å². The van der Waals surface area contributed by atoms with Gasteiger partial charge in [-0.15, -0.1) is 0 Å². The van der Waals surface area contributed by atoms with Gasteiger partial charge in [0.1, 0.15) is 17.6 Å². The van der Waals surface area contributed by atoms with Crippen LogP contribution in [-0.2, 0) is 0 Å². The summed E-state index contributed by atoms with van der Waals surface area (Å²) in [6.07, 6.45) is 0. The van der Waals surface area contributed by atoms with Crippen LogP contribution >= 0.6 is 11.6 Å². The third-order valence-electron chi connectivity index (χ3n) is 3.14. The summed E-state index contributed by atoms with van der Waals surface area (Å²) in [7, 11) is 0. The SMILES string of the molecule is Cc1ccc(C(=O)C(C#N)c2cccc(Cl)c2F)cc1F. The molecule has 106 valence electrons. The Balaban J connectivity index is 2.46. The molecule has 0 bridgehead atoms. The summed E-state index contributed by atoms with van der Waals surface area (Å²) in [5.41, 5.74) is 0.286. The predicted octanol–water partition coefficient (Wildman–Crippen LogP) is 4.42. The van der Waals surface area contributed by atoms with Crippen LogP contribution in [0.15, 0.2) is 36.4 Å². The van der Waals surface area contributed by atoms with Crippen LogP contribution in [0, 0.1) is 29.9 Å². The van der Waals surface area contributed by atoms with Crippen molar-refractivity contribution in [2.45, 2.75) is 12.8 Å². The molecule has 0 heterocycles. The number of ketones is 1. The topological polar surface area (TPSA) is 40.9 Å². The average Bonchev–Trinajstić information content (AvgIpc) is 2.47. The second-order valence-electron chi connectivity index (χ2n) is 4.53. The minimum atomic E-state index is -1.37. The number of rotatable bonds is 3. The normalized spacial score (nSPS) is 11.8. The first kappa shape index (κ1) is 15.1. The molecule has 0 aromatic heterocycles. The Labute approximate surface area is 125 Å². The summed E-state index contributed by atoms with van der Waals surface area (Å²) < 4.78 is 27.5. The van der Waals surface area contributed by atoms with E-state index in [1.807, 2.05) is 0 Å². The Kier molecular flexibility index (Phi) is 4.35. The maximum Gasteiger partial charge on any atom is 0.184 e. The number of halogens is 3. The van der Waals surface area contributed by atoms with Gasteiger partial charge in [0.2, 0.25) is 0 Å². The number of benzene rings is 2. The predicted molar refractivity (Wildman–Crippen MR) is 75.2 cm³/mol. The Morgan fingerprint density at radius 3 is 2.62 bits per heavy atom. The van der Waals surface area contributed by atoms with Crippen molar-refractivity contribution >= 4 is 17.4 Å². The monoisotopic (exact) mass is 305 g/mol. The smallest absolute Gasteiger partial charge is 0.184 e. The third kappa shape index (κ3) is 2.93. The van der Waals surface area contributed by atoms with Crippen LogP contribution in [0.5, 0.6) is 0 Å². The van der Waals surface area contributed by atoms with E-state index >= 15 is 0 Å². The Morgan fingerprint density at radius 2 is 2.00 bits per heavy atom. The number of Topliss-reactive ketones (excluding diaryl/α,β-unsaturated/α-hetero) is 1. The van der Waals surface area contributed by atoms with Crippen LogP contribution in [0.25, 0.3) is 0 Å². The first-order chi connectivity index (χ1) is 9.95. The van der Waals surface area contributed by atoms with Crippen LogP contribution in [0.1, 0.15) is 27.4 Å². The minimum absolute atomic E-state index is 0.0176. The van der Waals surface area contributed by atoms with Crippen molar-refractivity contribution in [3.8, 4) is 6.07 Å². The second kappa shape index (κ2) is 6.02. The fraction of sp³-hybridized carbons (Fsp3) is 0.125. The van der Waals surface area contributed by atoms with Crippen molar-refractivity contribution in [3.05, 3.63) is 69.7 Å². The van der Waals surface area contributed by atoms with Crippen molar-refractivity contribution in [1.29, 1.82) is 5.26 Å². The summed E-state index contributed by atoms with van der Waals surface area (Å²) in [6, 6.07) is 9.73. The molecule has 2 nitrogen and oxygen atoms in total. The number of nitrogens with zero attached hydrogens (tertiary/aromatic N) is 1. The summed E-state index contributed by atoms with van der Waals surface area (Å²) in [5, 5.41) is 9.01. The van der Waals surface area contributed by atoms with Gasteiger partial charge in [0.05, 0.1) is 11.1 Å². The number of hydrogen-bond donors (Lipinski definition) is 0. The number of carbonyl (C=O) groups is 1. The molecule has 5 heteroatoms. The van der Waals surface area contributed by atoms with Gasteiger partial charge < -0.3 is 0 Å². The fourth-order valence-corrected chi connectivity index (χ4v) is 2.11. The molecule has 0 amide bonds. The Bertz CT molecular complexity index is 752. The quantitative estimate of drug-likeness (QED) is 0.788. The van der Waals surface area contributed by atoms with Gasteiger partial charge in [0, 0.05) is 11.1 Å². The van der Waals surface area contributed by atoms with Gasteiger partial charge in [-0.1, -0.05) is 35.9 Å². The van der Waals surface area contributed by atoms with E-state index in [1.54, 1.807) is 13.0 Å². The van der Waals surface area contributed by atoms with E-state index < -0.39 is 23.3 Å². The van der Waals surface area contributed by atoms with E-state index in [1.165, 1.54) is 30.3 Å². The van der Waals surface area contributed by atoms with Gasteiger partial charge in [0.15, 0.2) is 5.78 Å². The molecular weight excluding hydrogens is 296 g/mol. The van der Waals surface area contributed by atoms with Gasteiger partial charge in [-0.3, -0.25) is 4.79 Å². The molecule has 0 aliphatic carbocycles. The Hall–Kier alpha value is -2.25. The molecule has 2 aromatic rings.